The van der Waals surface area contributed by atoms with E-state index in [2.05, 4.69) is 33.6 Å². The van der Waals surface area contributed by atoms with Gasteiger partial charge in [-0.2, -0.15) is 18.2 Å². The lowest BCUT2D eigenvalue weighted by Crippen LogP contribution is -2.59. The Morgan fingerprint density at radius 2 is 1.76 bits per heavy atom. The van der Waals surface area contributed by atoms with Gasteiger partial charge in [0.2, 0.25) is 5.88 Å². The van der Waals surface area contributed by atoms with Crippen LogP contribution in [0.1, 0.15) is 57.2 Å². The number of hydrogen-bond acceptors (Lipinski definition) is 6. The third-order valence-corrected chi connectivity index (χ3v) is 7.44. The number of anilines is 1. The van der Waals surface area contributed by atoms with Crippen LogP contribution < -0.4 is 15.3 Å². The van der Waals surface area contributed by atoms with Gasteiger partial charge in [-0.3, -0.25) is 9.47 Å². The fourth-order valence-corrected chi connectivity index (χ4v) is 5.30. The van der Waals surface area contributed by atoms with Crippen LogP contribution in [0.3, 0.4) is 0 Å². The molecule has 0 bridgehead atoms. The van der Waals surface area contributed by atoms with E-state index in [1.807, 2.05) is 13.0 Å². The minimum Gasteiger partial charge on any atom is -0.481 e. The standard InChI is InChI=1S/C27H34F3N5O2/c1-6-8-21-16-34(17(3)18-9-11-19(12-10-18)27(28,29)30)20(7-2)15-35(21)25-24-22(33(4)26(36)32-25)13-14-23(31-24)37-5/h9-14,17,20-21H,6-8,15-16H2,1-5H3/t17?,20-,21+/m1/s1. The van der Waals surface area contributed by atoms with Gasteiger partial charge in [0, 0.05) is 44.3 Å². The number of methoxy groups -OCH3 is 1. The normalized spacial score (nSPS) is 19.8. The van der Waals surface area contributed by atoms with Gasteiger partial charge < -0.3 is 9.64 Å². The van der Waals surface area contributed by atoms with Crippen LogP contribution in [0.4, 0.5) is 19.0 Å². The molecule has 200 valence electrons. The van der Waals surface area contributed by atoms with Gasteiger partial charge in [0.25, 0.3) is 0 Å². The third kappa shape index (κ3) is 5.30. The Bertz CT molecular complexity index is 1290. The zero-order valence-electron chi connectivity index (χ0n) is 21.9. The summed E-state index contributed by atoms with van der Waals surface area (Å²) in [6, 6.07) is 9.11. The third-order valence-electron chi connectivity index (χ3n) is 7.44. The summed E-state index contributed by atoms with van der Waals surface area (Å²) < 4.78 is 46.1. The average molecular weight is 518 g/mol. The van der Waals surface area contributed by atoms with Crippen LogP contribution in [0.25, 0.3) is 11.0 Å². The van der Waals surface area contributed by atoms with Crippen molar-refractivity contribution in [3.05, 3.63) is 58.0 Å². The number of halogens is 3. The van der Waals surface area contributed by atoms with Gasteiger partial charge in [-0.25, -0.2) is 9.78 Å². The lowest BCUT2D eigenvalue weighted by Gasteiger charge is -2.49. The first-order valence-electron chi connectivity index (χ1n) is 12.7. The molecular weight excluding hydrogens is 483 g/mol. The summed E-state index contributed by atoms with van der Waals surface area (Å²) in [6.07, 6.45) is -1.72. The van der Waals surface area contributed by atoms with Crippen molar-refractivity contribution in [2.75, 3.05) is 25.1 Å². The van der Waals surface area contributed by atoms with Crippen LogP contribution in [0.2, 0.25) is 0 Å². The van der Waals surface area contributed by atoms with Crippen molar-refractivity contribution in [2.24, 2.45) is 7.05 Å². The van der Waals surface area contributed by atoms with Gasteiger partial charge in [-0.1, -0.05) is 32.4 Å². The van der Waals surface area contributed by atoms with Crippen molar-refractivity contribution in [2.45, 2.75) is 64.3 Å². The minimum atomic E-state index is -4.36. The summed E-state index contributed by atoms with van der Waals surface area (Å²) in [6.45, 7) is 7.58. The second-order valence-electron chi connectivity index (χ2n) is 9.65. The number of pyridine rings is 1. The van der Waals surface area contributed by atoms with Gasteiger partial charge in [0.1, 0.15) is 5.52 Å². The van der Waals surface area contributed by atoms with E-state index in [4.69, 9.17) is 4.74 Å². The largest absolute Gasteiger partial charge is 0.481 e. The number of fused-ring (bicyclic) bond motifs is 1. The van der Waals surface area contributed by atoms with Crippen LogP contribution >= 0.6 is 0 Å². The summed E-state index contributed by atoms with van der Waals surface area (Å²) in [5.74, 6) is 0.999. The molecule has 2 aromatic heterocycles. The molecule has 0 radical (unpaired) electrons. The van der Waals surface area contributed by atoms with Crippen LogP contribution in [0.15, 0.2) is 41.2 Å². The van der Waals surface area contributed by atoms with Gasteiger partial charge >= 0.3 is 11.9 Å². The molecule has 3 heterocycles. The second-order valence-corrected chi connectivity index (χ2v) is 9.65. The van der Waals surface area contributed by atoms with E-state index in [0.717, 1.165) is 37.0 Å². The van der Waals surface area contributed by atoms with Crippen molar-refractivity contribution in [3.8, 4) is 5.88 Å². The number of rotatable bonds is 7. The number of aryl methyl sites for hydroxylation is 1. The topological polar surface area (TPSA) is 63.5 Å². The molecule has 1 aliphatic rings. The highest BCUT2D eigenvalue weighted by Gasteiger charge is 2.37. The van der Waals surface area contributed by atoms with Gasteiger partial charge in [-0.05, 0) is 43.5 Å². The molecule has 1 aliphatic heterocycles. The highest BCUT2D eigenvalue weighted by atomic mass is 19.4. The Labute approximate surface area is 214 Å². The fourth-order valence-electron chi connectivity index (χ4n) is 5.30. The number of benzene rings is 1. The molecule has 0 aliphatic carbocycles. The molecule has 0 saturated carbocycles. The van der Waals surface area contributed by atoms with E-state index < -0.39 is 11.7 Å². The zero-order chi connectivity index (χ0) is 26.9. The maximum atomic E-state index is 13.1. The highest BCUT2D eigenvalue weighted by molar-refractivity contribution is 5.86. The van der Waals surface area contributed by atoms with Crippen molar-refractivity contribution in [1.29, 1.82) is 0 Å². The van der Waals surface area contributed by atoms with Crippen LogP contribution in [-0.2, 0) is 13.2 Å². The molecule has 37 heavy (non-hydrogen) atoms. The number of aromatic nitrogens is 3. The summed E-state index contributed by atoms with van der Waals surface area (Å²) >= 11 is 0. The fraction of sp³-hybridized carbons (Fsp3) is 0.519. The first-order valence-corrected chi connectivity index (χ1v) is 12.7. The Kier molecular flexibility index (Phi) is 7.77. The van der Waals surface area contributed by atoms with E-state index in [-0.39, 0.29) is 23.8 Å². The van der Waals surface area contributed by atoms with E-state index in [1.165, 1.54) is 4.57 Å². The molecule has 0 spiro atoms. The second kappa shape index (κ2) is 10.7. The maximum Gasteiger partial charge on any atom is 0.416 e. The van der Waals surface area contributed by atoms with Crippen LogP contribution in [0.5, 0.6) is 5.88 Å². The molecule has 1 unspecified atom stereocenters. The first-order chi connectivity index (χ1) is 17.6. The van der Waals surface area contributed by atoms with Gasteiger partial charge in [0.05, 0.1) is 18.2 Å². The summed E-state index contributed by atoms with van der Waals surface area (Å²) in [7, 11) is 3.23. The molecular formula is C27H34F3N5O2. The van der Waals surface area contributed by atoms with Crippen LogP contribution in [0, 0.1) is 0 Å². The van der Waals surface area contributed by atoms with Crippen molar-refractivity contribution < 1.29 is 17.9 Å². The number of piperazine rings is 1. The number of alkyl halides is 3. The van der Waals surface area contributed by atoms with Crippen LogP contribution in [-0.4, -0.2) is 51.7 Å². The molecule has 1 saturated heterocycles. The molecule has 0 N–H and O–H groups in total. The van der Waals surface area contributed by atoms with E-state index in [0.29, 0.717) is 35.8 Å². The predicted octanol–water partition coefficient (Wildman–Crippen LogP) is 5.19. The smallest absolute Gasteiger partial charge is 0.416 e. The Balaban J connectivity index is 1.72. The molecule has 3 atom stereocenters. The lowest BCUT2D eigenvalue weighted by atomic mass is 9.95. The maximum absolute atomic E-state index is 13.1. The molecule has 4 rings (SSSR count). The highest BCUT2D eigenvalue weighted by Crippen LogP contribution is 2.35. The lowest BCUT2D eigenvalue weighted by molar-refractivity contribution is -0.137. The molecule has 10 heteroatoms. The Hall–Kier alpha value is -3.14. The first kappa shape index (κ1) is 26.9. The Morgan fingerprint density at radius 1 is 1.05 bits per heavy atom. The van der Waals surface area contributed by atoms with E-state index in [1.54, 1.807) is 32.4 Å². The van der Waals surface area contributed by atoms with Crippen molar-refractivity contribution >= 4 is 16.9 Å². The quantitative estimate of drug-likeness (QED) is 0.430. The van der Waals surface area contributed by atoms with E-state index in [9.17, 15) is 18.0 Å². The molecule has 1 fully saturated rings. The van der Waals surface area contributed by atoms with Gasteiger partial charge in [0.15, 0.2) is 5.82 Å². The summed E-state index contributed by atoms with van der Waals surface area (Å²) in [5.41, 5.74) is 1.15. The zero-order valence-corrected chi connectivity index (χ0v) is 21.9. The number of ether oxygens (including phenoxy) is 1. The monoisotopic (exact) mass is 517 g/mol. The number of nitrogens with zero attached hydrogens (tertiary/aromatic N) is 5. The molecule has 1 aromatic carbocycles. The Morgan fingerprint density at radius 3 is 2.35 bits per heavy atom. The average Bonchev–Trinajstić information content (AvgIpc) is 2.89. The SMILES string of the molecule is CCC[C@H]1CN(C(C)c2ccc(C(F)(F)F)cc2)[C@H](CC)CN1c1nc(=O)n(C)c2ccc(OC)nc12. The van der Waals surface area contributed by atoms with Crippen molar-refractivity contribution in [1.82, 2.24) is 19.4 Å². The van der Waals surface area contributed by atoms with Gasteiger partial charge in [-0.15, -0.1) is 0 Å². The number of hydrogen-bond donors (Lipinski definition) is 0. The predicted molar refractivity (Wildman–Crippen MR) is 138 cm³/mol. The molecule has 0 amide bonds. The summed E-state index contributed by atoms with van der Waals surface area (Å²) in [5, 5.41) is 0. The van der Waals surface area contributed by atoms with E-state index >= 15 is 0 Å². The minimum absolute atomic E-state index is 0.0560. The molecule has 7 nitrogen and oxygen atoms in total. The molecule has 3 aromatic rings. The van der Waals surface area contributed by atoms with Crippen molar-refractivity contribution in [3.63, 3.8) is 0 Å². The summed E-state index contributed by atoms with van der Waals surface area (Å²) in [4.78, 5) is 26.5.